The molecule has 0 spiro atoms. The first-order valence-electron chi connectivity index (χ1n) is 9.41. The molecular weight excluding hydrogens is 410 g/mol. The predicted molar refractivity (Wildman–Crippen MR) is 109 cm³/mol. The van der Waals surface area contributed by atoms with Gasteiger partial charge < -0.3 is 23.6 Å². The summed E-state index contributed by atoms with van der Waals surface area (Å²) < 4.78 is 21.2. The second-order valence-corrected chi connectivity index (χ2v) is 7.00. The lowest BCUT2D eigenvalue weighted by Crippen LogP contribution is -2.35. The maximum absolute atomic E-state index is 12.9. The summed E-state index contributed by atoms with van der Waals surface area (Å²) in [6.45, 7) is 1.41. The Morgan fingerprint density at radius 3 is 2.83 bits per heavy atom. The maximum Gasteiger partial charge on any atom is 0.255 e. The first-order valence-corrected chi connectivity index (χ1v) is 9.79. The summed E-state index contributed by atoms with van der Waals surface area (Å²) in [7, 11) is 1.59. The minimum Gasteiger partial charge on any atom is -0.454 e. The molecule has 0 radical (unpaired) electrons. The molecule has 0 fully saturated rings. The minimum atomic E-state index is -0.173. The van der Waals surface area contributed by atoms with Crippen LogP contribution >= 0.6 is 11.6 Å². The van der Waals surface area contributed by atoms with Crippen molar-refractivity contribution in [3.05, 3.63) is 58.9 Å². The van der Waals surface area contributed by atoms with E-state index in [1.807, 2.05) is 18.2 Å². The van der Waals surface area contributed by atoms with Gasteiger partial charge in [0, 0.05) is 32.2 Å². The molecule has 0 atom stereocenters. The van der Waals surface area contributed by atoms with Gasteiger partial charge >= 0.3 is 0 Å². The van der Waals surface area contributed by atoms with Crippen LogP contribution in [-0.2, 0) is 11.2 Å². The zero-order valence-electron chi connectivity index (χ0n) is 16.3. The van der Waals surface area contributed by atoms with Crippen LogP contribution < -0.4 is 9.47 Å². The smallest absolute Gasteiger partial charge is 0.255 e. The van der Waals surface area contributed by atoms with E-state index in [0.29, 0.717) is 59.9 Å². The van der Waals surface area contributed by atoms with Crippen molar-refractivity contribution in [3.8, 4) is 22.9 Å². The van der Waals surface area contributed by atoms with E-state index >= 15 is 0 Å². The monoisotopic (exact) mass is 429 g/mol. The molecule has 1 amide bonds. The van der Waals surface area contributed by atoms with E-state index in [9.17, 15) is 4.79 Å². The number of rotatable bonds is 8. The Morgan fingerprint density at radius 1 is 1.17 bits per heavy atom. The number of amides is 1. The quantitative estimate of drug-likeness (QED) is 0.542. The van der Waals surface area contributed by atoms with Crippen LogP contribution in [0.3, 0.4) is 0 Å². The van der Waals surface area contributed by atoms with Gasteiger partial charge in [0.25, 0.3) is 5.91 Å². The van der Waals surface area contributed by atoms with Gasteiger partial charge in [0.1, 0.15) is 0 Å². The molecule has 9 heteroatoms. The van der Waals surface area contributed by atoms with E-state index in [1.165, 1.54) is 0 Å². The molecule has 1 aromatic heterocycles. The topological polar surface area (TPSA) is 86.9 Å². The summed E-state index contributed by atoms with van der Waals surface area (Å²) in [6.07, 6.45) is 0.400. The number of nitrogens with zero attached hydrogens (tertiary/aromatic N) is 3. The maximum atomic E-state index is 12.9. The summed E-state index contributed by atoms with van der Waals surface area (Å²) in [4.78, 5) is 19.0. The summed E-state index contributed by atoms with van der Waals surface area (Å²) in [5.41, 5.74) is 1.21. The molecular formula is C21H20ClN3O5. The van der Waals surface area contributed by atoms with Gasteiger partial charge in [0.2, 0.25) is 18.5 Å². The Bertz CT molecular complexity index is 1040. The first kappa shape index (κ1) is 20.2. The predicted octanol–water partition coefficient (Wildman–Crippen LogP) is 3.45. The lowest BCUT2D eigenvalue weighted by Gasteiger charge is -2.22. The molecule has 0 saturated carbocycles. The average molecular weight is 430 g/mol. The van der Waals surface area contributed by atoms with Gasteiger partial charge in [-0.25, -0.2) is 0 Å². The van der Waals surface area contributed by atoms with Crippen molar-refractivity contribution in [2.75, 3.05) is 33.6 Å². The number of hydrogen-bond donors (Lipinski definition) is 0. The minimum absolute atomic E-state index is 0.173. The summed E-state index contributed by atoms with van der Waals surface area (Å²) in [6, 6.07) is 12.4. The van der Waals surface area contributed by atoms with Crippen LogP contribution in [0.1, 0.15) is 16.2 Å². The first-order chi connectivity index (χ1) is 14.7. The van der Waals surface area contributed by atoms with Crippen molar-refractivity contribution in [2.24, 2.45) is 0 Å². The molecule has 156 valence electrons. The highest BCUT2D eigenvalue weighted by Gasteiger charge is 2.20. The third-order valence-electron chi connectivity index (χ3n) is 4.65. The van der Waals surface area contributed by atoms with Gasteiger partial charge in [-0.3, -0.25) is 4.79 Å². The molecule has 1 aliphatic rings. The number of carbonyl (C=O) groups excluding carboxylic acids is 1. The highest BCUT2D eigenvalue weighted by Crippen LogP contribution is 2.35. The van der Waals surface area contributed by atoms with Crippen molar-refractivity contribution >= 4 is 17.5 Å². The van der Waals surface area contributed by atoms with Gasteiger partial charge in [-0.2, -0.15) is 4.98 Å². The van der Waals surface area contributed by atoms with Gasteiger partial charge in [-0.15, -0.1) is 0 Å². The van der Waals surface area contributed by atoms with Crippen LogP contribution in [0.25, 0.3) is 11.4 Å². The zero-order chi connectivity index (χ0) is 20.9. The molecule has 8 nitrogen and oxygen atoms in total. The Kier molecular flexibility index (Phi) is 6.15. The number of aromatic nitrogens is 2. The van der Waals surface area contributed by atoms with Gasteiger partial charge in [-0.1, -0.05) is 28.9 Å². The van der Waals surface area contributed by atoms with Crippen LogP contribution in [0.4, 0.5) is 0 Å². The zero-order valence-corrected chi connectivity index (χ0v) is 17.1. The Labute approximate surface area is 178 Å². The van der Waals surface area contributed by atoms with E-state index in [2.05, 4.69) is 10.1 Å². The second-order valence-electron chi connectivity index (χ2n) is 6.59. The molecule has 3 aromatic rings. The number of halogens is 1. The van der Waals surface area contributed by atoms with Crippen molar-refractivity contribution in [1.29, 1.82) is 0 Å². The molecule has 30 heavy (non-hydrogen) atoms. The highest BCUT2D eigenvalue weighted by molar-refractivity contribution is 6.33. The van der Waals surface area contributed by atoms with Crippen LogP contribution in [0.15, 0.2) is 47.0 Å². The molecule has 0 saturated heterocycles. The normalized spacial score (nSPS) is 12.2. The fourth-order valence-electron chi connectivity index (χ4n) is 3.06. The molecule has 0 N–H and O–H groups in total. The van der Waals surface area contributed by atoms with Gasteiger partial charge in [0.15, 0.2) is 11.5 Å². The van der Waals surface area contributed by atoms with E-state index < -0.39 is 0 Å². The lowest BCUT2D eigenvalue weighted by atomic mass is 10.2. The van der Waals surface area contributed by atoms with Crippen molar-refractivity contribution < 1.29 is 23.5 Å². The Balaban J connectivity index is 1.45. The molecule has 0 bridgehead atoms. The SMILES string of the molecule is COCCN(CCc1nc(-c2ccc3c(c2)OCO3)no1)C(=O)c1ccccc1Cl. The molecule has 4 rings (SSSR count). The largest absolute Gasteiger partial charge is 0.454 e. The average Bonchev–Trinajstić information content (AvgIpc) is 3.42. The lowest BCUT2D eigenvalue weighted by molar-refractivity contribution is 0.0694. The third kappa shape index (κ3) is 4.39. The van der Waals surface area contributed by atoms with E-state index in [0.717, 1.165) is 5.56 Å². The van der Waals surface area contributed by atoms with Crippen LogP contribution in [0, 0.1) is 0 Å². The molecule has 0 unspecified atom stereocenters. The standard InChI is InChI=1S/C21H20ClN3O5/c1-27-11-10-25(21(26)15-4-2-3-5-16(15)22)9-8-19-23-20(24-30-19)14-6-7-17-18(12-14)29-13-28-17/h2-7,12H,8-11,13H2,1H3. The van der Waals surface area contributed by atoms with E-state index in [4.69, 9.17) is 30.3 Å². The molecule has 2 aromatic carbocycles. The number of ether oxygens (including phenoxy) is 3. The third-order valence-corrected chi connectivity index (χ3v) is 4.98. The Hall–Kier alpha value is -3.10. The number of benzene rings is 2. The van der Waals surface area contributed by atoms with Crippen LogP contribution in [0.5, 0.6) is 11.5 Å². The molecule has 2 heterocycles. The number of fused-ring (bicyclic) bond motifs is 1. The van der Waals surface area contributed by atoms with Crippen LogP contribution in [-0.4, -0.2) is 54.5 Å². The van der Waals surface area contributed by atoms with Crippen molar-refractivity contribution in [3.63, 3.8) is 0 Å². The van der Waals surface area contributed by atoms with E-state index in [1.54, 1.807) is 36.3 Å². The van der Waals surface area contributed by atoms with Gasteiger partial charge in [0.05, 0.1) is 17.2 Å². The summed E-state index contributed by atoms with van der Waals surface area (Å²) in [5, 5.41) is 4.45. The second kappa shape index (κ2) is 9.15. The molecule has 0 aliphatic carbocycles. The number of hydrogen-bond acceptors (Lipinski definition) is 7. The highest BCUT2D eigenvalue weighted by atomic mass is 35.5. The summed E-state index contributed by atoms with van der Waals surface area (Å²) in [5.74, 6) is 2.04. The summed E-state index contributed by atoms with van der Waals surface area (Å²) >= 11 is 6.19. The number of methoxy groups -OCH3 is 1. The fraction of sp³-hybridized carbons (Fsp3) is 0.286. The van der Waals surface area contributed by atoms with Crippen molar-refractivity contribution in [2.45, 2.75) is 6.42 Å². The fourth-order valence-corrected chi connectivity index (χ4v) is 3.28. The van der Waals surface area contributed by atoms with Crippen LogP contribution in [0.2, 0.25) is 5.02 Å². The molecule has 1 aliphatic heterocycles. The van der Waals surface area contributed by atoms with E-state index in [-0.39, 0.29) is 12.7 Å². The Morgan fingerprint density at radius 2 is 2.00 bits per heavy atom. The number of carbonyl (C=O) groups is 1. The van der Waals surface area contributed by atoms with Gasteiger partial charge in [-0.05, 0) is 30.3 Å². The van der Waals surface area contributed by atoms with Crippen molar-refractivity contribution in [1.82, 2.24) is 15.0 Å².